The van der Waals surface area contributed by atoms with Gasteiger partial charge in [0.2, 0.25) is 0 Å². The van der Waals surface area contributed by atoms with E-state index in [9.17, 15) is 9.35 Å². The third kappa shape index (κ3) is 1.11. The van der Waals surface area contributed by atoms with E-state index in [2.05, 4.69) is 0 Å². The first-order chi connectivity index (χ1) is 5.79. The minimum atomic E-state index is -1.43. The van der Waals surface area contributed by atoms with E-state index in [0.717, 1.165) is 5.22 Å². The zero-order valence-corrected chi connectivity index (χ0v) is 7.14. The molecule has 62 valence electrons. The number of rotatable bonds is 0. The smallest absolute Gasteiger partial charge is 0.174 e. The largest absolute Gasteiger partial charge is 0.797 e. The fourth-order valence-electron chi connectivity index (χ4n) is 1.21. The number of benzene rings is 1. The predicted molar refractivity (Wildman–Crippen MR) is 47.4 cm³/mol. The summed E-state index contributed by atoms with van der Waals surface area (Å²) in [6.45, 7) is 0. The molecule has 1 aliphatic heterocycles. The van der Waals surface area contributed by atoms with Gasteiger partial charge in [-0.2, -0.15) is 10.8 Å². The van der Waals surface area contributed by atoms with Crippen molar-refractivity contribution in [1.29, 1.82) is 0 Å². The molecule has 1 heterocycles. The zero-order valence-electron chi connectivity index (χ0n) is 6.32. The Morgan fingerprint density at radius 3 is 2.92 bits per heavy atom. The van der Waals surface area contributed by atoms with Gasteiger partial charge in [0.1, 0.15) is 0 Å². The second-order valence-corrected chi connectivity index (χ2v) is 4.02. The first-order valence-electron chi connectivity index (χ1n) is 3.66. The second-order valence-electron chi connectivity index (χ2n) is 2.59. The van der Waals surface area contributed by atoms with Crippen molar-refractivity contribution in [2.75, 3.05) is 0 Å². The van der Waals surface area contributed by atoms with E-state index in [1.807, 2.05) is 18.2 Å². The Morgan fingerprint density at radius 2 is 2.08 bits per heavy atom. The van der Waals surface area contributed by atoms with Crippen LogP contribution in [0.15, 0.2) is 24.3 Å². The Morgan fingerprint density at radius 1 is 1.33 bits per heavy atom. The van der Waals surface area contributed by atoms with Crippen LogP contribution in [0.1, 0.15) is 6.42 Å². The molecule has 0 spiro atoms. The van der Waals surface area contributed by atoms with Gasteiger partial charge in [0.15, 0.2) is 5.12 Å². The summed E-state index contributed by atoms with van der Waals surface area (Å²) < 4.78 is 12.0. The first-order valence-corrected chi connectivity index (χ1v) is 4.81. The van der Waals surface area contributed by atoms with E-state index in [4.69, 9.17) is 0 Å². The van der Waals surface area contributed by atoms with Gasteiger partial charge in [0.05, 0.1) is 0 Å². The SMILES string of the molecule is O=C1CC=c2ccccc2=S1[O-]. The maximum absolute atomic E-state index is 11.4. The summed E-state index contributed by atoms with van der Waals surface area (Å²) in [6.07, 6.45) is 2.11. The third-order valence-electron chi connectivity index (χ3n) is 1.81. The van der Waals surface area contributed by atoms with Gasteiger partial charge in [0.25, 0.3) is 0 Å². The fraction of sp³-hybridized carbons (Fsp3) is 0.111. The monoisotopic (exact) mass is 179 g/mol. The van der Waals surface area contributed by atoms with Gasteiger partial charge in [-0.05, 0) is 15.8 Å². The summed E-state index contributed by atoms with van der Waals surface area (Å²) in [6, 6.07) is 7.28. The highest BCUT2D eigenvalue weighted by molar-refractivity contribution is 8.18. The molecule has 2 rings (SSSR count). The van der Waals surface area contributed by atoms with Crippen LogP contribution in [-0.2, 0) is 4.79 Å². The van der Waals surface area contributed by atoms with Crippen LogP contribution in [-0.4, -0.2) is 9.67 Å². The van der Waals surface area contributed by atoms with Gasteiger partial charge < -0.3 is 4.55 Å². The van der Waals surface area contributed by atoms with Crippen molar-refractivity contribution < 1.29 is 9.35 Å². The lowest BCUT2D eigenvalue weighted by atomic mass is 10.2. The Labute approximate surface area is 72.3 Å². The minimum absolute atomic E-state index is 0.200. The Kier molecular flexibility index (Phi) is 1.83. The molecule has 1 aromatic rings. The lowest BCUT2D eigenvalue weighted by Crippen LogP contribution is -2.10. The lowest BCUT2D eigenvalue weighted by molar-refractivity contribution is -0.110. The number of carbonyl (C=O) groups is 1. The predicted octanol–water partition coefficient (Wildman–Crippen LogP) is 1.05. The normalized spacial score (nSPS) is 21.4. The molecule has 2 nitrogen and oxygen atoms in total. The van der Waals surface area contributed by atoms with Crippen LogP contribution >= 0.6 is 10.8 Å². The lowest BCUT2D eigenvalue weighted by Gasteiger charge is -2.14. The molecule has 0 aliphatic carbocycles. The van der Waals surface area contributed by atoms with Crippen molar-refractivity contribution in [3.05, 3.63) is 34.0 Å². The van der Waals surface area contributed by atoms with Crippen LogP contribution in [0.5, 0.6) is 0 Å². The van der Waals surface area contributed by atoms with E-state index >= 15 is 0 Å². The van der Waals surface area contributed by atoms with Gasteiger partial charge in [-0.15, -0.1) is 0 Å². The van der Waals surface area contributed by atoms with E-state index in [1.165, 1.54) is 0 Å². The Bertz CT molecular complexity index is 448. The molecule has 0 aromatic heterocycles. The van der Waals surface area contributed by atoms with Crippen molar-refractivity contribution in [1.82, 2.24) is 0 Å². The quantitative estimate of drug-likeness (QED) is 0.558. The van der Waals surface area contributed by atoms with Crippen LogP contribution in [0.2, 0.25) is 0 Å². The van der Waals surface area contributed by atoms with Gasteiger partial charge in [-0.1, -0.05) is 24.3 Å². The summed E-state index contributed by atoms with van der Waals surface area (Å²) in [5.41, 5.74) is 0. The van der Waals surface area contributed by atoms with Crippen LogP contribution < -0.4 is 5.22 Å². The van der Waals surface area contributed by atoms with Gasteiger partial charge in [-0.25, -0.2) is 0 Å². The maximum atomic E-state index is 11.4. The first kappa shape index (κ1) is 7.71. The highest BCUT2D eigenvalue weighted by atomic mass is 32.2. The summed E-state index contributed by atoms with van der Waals surface area (Å²) in [5.74, 6) is 0. The molecule has 3 heteroatoms. The zero-order chi connectivity index (χ0) is 8.55. The van der Waals surface area contributed by atoms with Gasteiger partial charge >= 0.3 is 0 Å². The Balaban J connectivity index is 2.92. The highest BCUT2D eigenvalue weighted by Crippen LogP contribution is 2.17. The molecule has 1 atom stereocenters. The van der Waals surface area contributed by atoms with Crippen LogP contribution in [0.4, 0.5) is 0 Å². The molecule has 1 aliphatic rings. The van der Waals surface area contributed by atoms with Crippen molar-refractivity contribution in [2.45, 2.75) is 6.42 Å². The van der Waals surface area contributed by atoms with Crippen molar-refractivity contribution in [3.63, 3.8) is 0 Å². The average molecular weight is 179 g/mol. The van der Waals surface area contributed by atoms with Crippen molar-refractivity contribution >= 4 is 22.0 Å². The van der Waals surface area contributed by atoms with E-state index in [1.54, 1.807) is 12.1 Å². The summed E-state index contributed by atoms with van der Waals surface area (Å²) in [4.78, 5) is 11.0. The number of hydrogen-bond donors (Lipinski definition) is 0. The van der Waals surface area contributed by atoms with E-state index < -0.39 is 10.8 Å². The van der Waals surface area contributed by atoms with E-state index in [-0.39, 0.29) is 5.12 Å². The molecule has 0 N–H and O–H groups in total. The fourth-order valence-corrected chi connectivity index (χ4v) is 2.26. The molecule has 1 unspecified atom stereocenters. The van der Waals surface area contributed by atoms with E-state index in [0.29, 0.717) is 10.9 Å². The molecule has 1 aromatic carbocycles. The standard InChI is InChI=1S/C9H7O2S/c10-9-6-5-7-3-1-2-4-8(7)12(9)11/h1-5H,6H2/q-1. The Hall–Kier alpha value is -0.930. The summed E-state index contributed by atoms with van der Waals surface area (Å²) >= 11 is 0. The van der Waals surface area contributed by atoms with Crippen LogP contribution in [0, 0.1) is 4.51 Å². The van der Waals surface area contributed by atoms with Crippen LogP contribution in [0.3, 0.4) is 0 Å². The molecule has 0 bridgehead atoms. The third-order valence-corrected chi connectivity index (χ3v) is 3.17. The minimum Gasteiger partial charge on any atom is -0.797 e. The molecule has 0 fully saturated rings. The topological polar surface area (TPSA) is 40.1 Å². The van der Waals surface area contributed by atoms with Crippen LogP contribution in [0.25, 0.3) is 6.08 Å². The number of hydrogen-bond acceptors (Lipinski definition) is 2. The number of carbonyl (C=O) groups excluding carboxylic acids is 1. The summed E-state index contributed by atoms with van der Waals surface area (Å²) in [7, 11) is -1.43. The molecule has 0 amide bonds. The molecular weight excluding hydrogens is 172 g/mol. The molecule has 0 saturated heterocycles. The summed E-state index contributed by atoms with van der Waals surface area (Å²) in [5, 5.41) is 0.726. The average Bonchev–Trinajstić information content (AvgIpc) is 2.12. The highest BCUT2D eigenvalue weighted by Gasteiger charge is 2.01. The molecule has 0 radical (unpaired) electrons. The number of fused-ring (bicyclic) bond motifs is 1. The van der Waals surface area contributed by atoms with Crippen molar-refractivity contribution in [3.8, 4) is 0 Å². The maximum Gasteiger partial charge on any atom is 0.174 e. The van der Waals surface area contributed by atoms with Crippen molar-refractivity contribution in [2.24, 2.45) is 0 Å². The van der Waals surface area contributed by atoms with Gasteiger partial charge in [0, 0.05) is 6.42 Å². The molecule has 0 saturated carbocycles. The van der Waals surface area contributed by atoms with Gasteiger partial charge in [-0.3, -0.25) is 4.79 Å². The second kappa shape index (κ2) is 2.84. The molecular formula is C9H7O2S-. The molecule has 12 heavy (non-hydrogen) atoms.